The minimum Gasteiger partial charge on any atom is -0.0883 e. The number of hydrogen-bond donors (Lipinski definition) is 0. The summed E-state index contributed by atoms with van der Waals surface area (Å²) in [7, 11) is 0. The molecule has 0 N–H and O–H groups in total. The zero-order valence-corrected chi connectivity index (χ0v) is 16.9. The van der Waals surface area contributed by atoms with Crippen LogP contribution >= 0.6 is 0 Å². The van der Waals surface area contributed by atoms with E-state index >= 15 is 0 Å². The van der Waals surface area contributed by atoms with Crippen LogP contribution in [0.3, 0.4) is 0 Å². The van der Waals surface area contributed by atoms with E-state index in [0.29, 0.717) is 0 Å². The summed E-state index contributed by atoms with van der Waals surface area (Å²) in [5, 5.41) is 0. The van der Waals surface area contributed by atoms with Gasteiger partial charge in [-0.15, -0.1) is 0 Å². The van der Waals surface area contributed by atoms with E-state index in [1.165, 1.54) is 57.8 Å². The van der Waals surface area contributed by atoms with Crippen molar-refractivity contribution in [2.24, 2.45) is 17.8 Å². The molecular weight excluding hydrogens is 299 g/mol. The quantitative estimate of drug-likeness (QED) is 0.343. The molecule has 6 unspecified atom stereocenters. The normalized spacial score (nSPS) is 38.0. The van der Waals surface area contributed by atoms with Gasteiger partial charge in [0.2, 0.25) is 0 Å². The maximum absolute atomic E-state index is 2.58. The molecule has 0 bridgehead atoms. The molecule has 0 nitrogen and oxygen atoms in total. The monoisotopic (exact) mass is 338 g/mol. The Morgan fingerprint density at radius 2 is 0.920 bits per heavy atom. The first-order valence-electron chi connectivity index (χ1n) is 11.3. The van der Waals surface area contributed by atoms with E-state index in [1.807, 2.05) is 0 Å². The Kier molecular flexibility index (Phi) is 7.08. The van der Waals surface area contributed by atoms with Gasteiger partial charge in [-0.25, -0.2) is 0 Å². The highest BCUT2D eigenvalue weighted by atomic mass is 14.3. The second-order valence-electron chi connectivity index (χ2n) is 8.80. The first-order chi connectivity index (χ1) is 12.3. The molecule has 3 aliphatic carbocycles. The molecule has 0 aromatic carbocycles. The van der Waals surface area contributed by atoms with Gasteiger partial charge in [0.15, 0.2) is 6.71 Å². The Morgan fingerprint density at radius 1 is 0.600 bits per heavy atom. The van der Waals surface area contributed by atoms with E-state index in [4.69, 9.17) is 0 Å². The fraction of sp³-hybridized carbons (Fsp3) is 0.750. The molecule has 25 heavy (non-hydrogen) atoms. The van der Waals surface area contributed by atoms with Crippen molar-refractivity contribution in [1.29, 1.82) is 0 Å². The van der Waals surface area contributed by atoms with Crippen LogP contribution in [0.4, 0.5) is 0 Å². The SMILES string of the molecule is CCC1C=CCCC1B(C1CCC=CC1CC)C1CCC=CC1CC. The summed E-state index contributed by atoms with van der Waals surface area (Å²) in [4.78, 5) is 0. The fourth-order valence-electron chi connectivity index (χ4n) is 6.45. The van der Waals surface area contributed by atoms with E-state index in [0.717, 1.165) is 41.9 Å². The van der Waals surface area contributed by atoms with E-state index in [9.17, 15) is 0 Å². The molecular formula is C24H39B. The third kappa shape index (κ3) is 4.17. The van der Waals surface area contributed by atoms with Gasteiger partial charge in [0.05, 0.1) is 0 Å². The molecule has 0 amide bonds. The highest BCUT2D eigenvalue weighted by molar-refractivity contribution is 6.64. The predicted molar refractivity (Wildman–Crippen MR) is 113 cm³/mol. The Morgan fingerprint density at radius 3 is 1.20 bits per heavy atom. The molecule has 0 radical (unpaired) electrons. The first kappa shape index (κ1) is 19.1. The Labute approximate surface area is 157 Å². The van der Waals surface area contributed by atoms with Crippen LogP contribution in [0.2, 0.25) is 17.5 Å². The predicted octanol–water partition coefficient (Wildman–Crippen LogP) is 7.72. The average molecular weight is 338 g/mol. The maximum atomic E-state index is 2.58. The molecule has 0 spiro atoms. The van der Waals surface area contributed by atoms with Gasteiger partial charge < -0.3 is 0 Å². The largest absolute Gasteiger partial charge is 0.151 e. The summed E-state index contributed by atoms with van der Waals surface area (Å²) in [6.07, 6.45) is 27.4. The molecule has 138 valence electrons. The van der Waals surface area contributed by atoms with Gasteiger partial charge in [0.25, 0.3) is 0 Å². The smallest absolute Gasteiger partial charge is 0.0883 e. The van der Waals surface area contributed by atoms with Crippen molar-refractivity contribution in [3.8, 4) is 0 Å². The molecule has 6 atom stereocenters. The van der Waals surface area contributed by atoms with Gasteiger partial charge in [0, 0.05) is 0 Å². The van der Waals surface area contributed by atoms with Crippen LogP contribution in [0, 0.1) is 17.8 Å². The zero-order valence-electron chi connectivity index (χ0n) is 16.9. The van der Waals surface area contributed by atoms with Crippen LogP contribution in [0.25, 0.3) is 0 Å². The molecule has 0 fully saturated rings. The third-order valence-electron chi connectivity index (χ3n) is 7.70. The van der Waals surface area contributed by atoms with Gasteiger partial charge in [-0.1, -0.05) is 113 Å². The van der Waals surface area contributed by atoms with Crippen molar-refractivity contribution < 1.29 is 0 Å². The van der Waals surface area contributed by atoms with Crippen LogP contribution in [-0.2, 0) is 0 Å². The van der Waals surface area contributed by atoms with Gasteiger partial charge in [0.1, 0.15) is 0 Å². The second kappa shape index (κ2) is 9.29. The lowest BCUT2D eigenvalue weighted by Gasteiger charge is -2.46. The molecule has 0 aromatic rings. The van der Waals surface area contributed by atoms with Crippen molar-refractivity contribution in [3.05, 3.63) is 36.5 Å². The maximum Gasteiger partial charge on any atom is 0.151 e. The highest BCUT2D eigenvalue weighted by Gasteiger charge is 2.45. The minimum atomic E-state index is 0.825. The lowest BCUT2D eigenvalue weighted by Crippen LogP contribution is -2.42. The third-order valence-corrected chi connectivity index (χ3v) is 7.70. The van der Waals surface area contributed by atoms with Crippen molar-refractivity contribution in [3.63, 3.8) is 0 Å². The van der Waals surface area contributed by atoms with Crippen molar-refractivity contribution in [1.82, 2.24) is 0 Å². The summed E-state index contributed by atoms with van der Waals surface area (Å²) in [6.45, 7) is 8.18. The zero-order chi connectivity index (χ0) is 17.6. The Bertz CT molecular complexity index is 417. The molecule has 0 heterocycles. The van der Waals surface area contributed by atoms with Crippen LogP contribution in [-0.4, -0.2) is 6.71 Å². The molecule has 3 aliphatic rings. The minimum absolute atomic E-state index is 0.825. The van der Waals surface area contributed by atoms with Gasteiger partial charge >= 0.3 is 0 Å². The number of hydrogen-bond acceptors (Lipinski definition) is 0. The van der Waals surface area contributed by atoms with E-state index in [1.54, 1.807) is 0 Å². The van der Waals surface area contributed by atoms with Crippen molar-refractivity contribution >= 4 is 6.71 Å². The molecule has 0 aromatic heterocycles. The fourth-order valence-corrected chi connectivity index (χ4v) is 6.45. The average Bonchev–Trinajstić information content (AvgIpc) is 2.69. The Hall–Kier alpha value is -0.715. The lowest BCUT2D eigenvalue weighted by atomic mass is 9.21. The van der Waals surface area contributed by atoms with Crippen LogP contribution in [0.5, 0.6) is 0 Å². The van der Waals surface area contributed by atoms with Gasteiger partial charge in [-0.3, -0.25) is 0 Å². The van der Waals surface area contributed by atoms with E-state index < -0.39 is 0 Å². The summed E-state index contributed by atoms with van der Waals surface area (Å²) < 4.78 is 0. The topological polar surface area (TPSA) is 0 Å². The van der Waals surface area contributed by atoms with Crippen LogP contribution < -0.4 is 0 Å². The molecule has 0 saturated heterocycles. The number of allylic oxidation sites excluding steroid dienone is 6. The molecule has 3 rings (SSSR count). The Balaban J connectivity index is 1.94. The van der Waals surface area contributed by atoms with Crippen LogP contribution in [0.15, 0.2) is 36.5 Å². The summed E-state index contributed by atoms with van der Waals surface area (Å²) in [6, 6.07) is 0. The first-order valence-corrected chi connectivity index (χ1v) is 11.3. The summed E-state index contributed by atoms with van der Waals surface area (Å²) in [5.74, 6) is 5.24. The lowest BCUT2D eigenvalue weighted by molar-refractivity contribution is 0.430. The van der Waals surface area contributed by atoms with Crippen LogP contribution in [0.1, 0.15) is 78.6 Å². The van der Waals surface area contributed by atoms with Gasteiger partial charge in [-0.05, 0) is 37.0 Å². The van der Waals surface area contributed by atoms with E-state index in [2.05, 4.69) is 57.2 Å². The van der Waals surface area contributed by atoms with Gasteiger partial charge in [-0.2, -0.15) is 0 Å². The highest BCUT2D eigenvalue weighted by Crippen LogP contribution is 2.53. The molecule has 0 saturated carbocycles. The second-order valence-corrected chi connectivity index (χ2v) is 8.80. The summed E-state index contributed by atoms with van der Waals surface area (Å²) >= 11 is 0. The number of rotatable bonds is 6. The summed E-state index contributed by atoms with van der Waals surface area (Å²) in [5.41, 5.74) is 0. The van der Waals surface area contributed by atoms with Crippen molar-refractivity contribution in [2.45, 2.75) is 96.0 Å². The molecule has 1 heteroatoms. The standard InChI is InChI=1S/C24H39B/c1-4-19-13-7-10-16-22(19)25(23-17-11-8-14-20(23)5-2)24-18-12-9-15-21(24)6-3/h7-9,13-15,19-24H,4-6,10-12,16-18H2,1-3H3. The van der Waals surface area contributed by atoms with E-state index in [-0.39, 0.29) is 0 Å². The molecule has 0 aliphatic heterocycles. The van der Waals surface area contributed by atoms with Crippen molar-refractivity contribution in [2.75, 3.05) is 0 Å².